The minimum absolute atomic E-state index is 0.00212. The van der Waals surface area contributed by atoms with Crippen molar-refractivity contribution in [3.05, 3.63) is 51.8 Å². The first-order valence-electron chi connectivity index (χ1n) is 8.95. The van der Waals surface area contributed by atoms with Crippen LogP contribution in [0.1, 0.15) is 47.1 Å². The van der Waals surface area contributed by atoms with Crippen LogP contribution in [-0.4, -0.2) is 40.0 Å². The second-order valence-electron chi connectivity index (χ2n) is 6.47. The Labute approximate surface area is 157 Å². The lowest BCUT2D eigenvalue weighted by atomic mass is 10.0. The first kappa shape index (κ1) is 18.5. The summed E-state index contributed by atoms with van der Waals surface area (Å²) in [7, 11) is 0. The largest absolute Gasteiger partial charge is 0.351 e. The van der Waals surface area contributed by atoms with E-state index < -0.39 is 0 Å². The SMILES string of the molecule is CCCCNC(=O)c1n[nH]c2c1CN(C(=O)Cc1ccccc1Cl)CC2. The number of unbranched alkanes of at least 4 members (excludes halogenated alkanes) is 1. The number of benzene rings is 1. The minimum Gasteiger partial charge on any atom is -0.351 e. The van der Waals surface area contributed by atoms with Crippen LogP contribution >= 0.6 is 11.6 Å². The number of rotatable bonds is 6. The molecule has 1 aliphatic rings. The maximum Gasteiger partial charge on any atom is 0.272 e. The molecule has 26 heavy (non-hydrogen) atoms. The Morgan fingerprint density at radius 2 is 2.15 bits per heavy atom. The summed E-state index contributed by atoms with van der Waals surface area (Å²) in [6, 6.07) is 7.36. The number of aromatic amines is 1. The number of amides is 2. The van der Waals surface area contributed by atoms with Crippen LogP contribution in [0.25, 0.3) is 0 Å². The molecule has 1 aromatic heterocycles. The second kappa shape index (κ2) is 8.36. The Kier molecular flexibility index (Phi) is 5.93. The third kappa shape index (κ3) is 4.07. The summed E-state index contributed by atoms with van der Waals surface area (Å²) in [5.41, 5.74) is 2.96. The van der Waals surface area contributed by atoms with Gasteiger partial charge < -0.3 is 10.2 Å². The summed E-state index contributed by atoms with van der Waals surface area (Å²) < 4.78 is 0. The quantitative estimate of drug-likeness (QED) is 0.763. The van der Waals surface area contributed by atoms with Gasteiger partial charge in [0.25, 0.3) is 5.91 Å². The summed E-state index contributed by atoms with van der Waals surface area (Å²) >= 11 is 6.16. The van der Waals surface area contributed by atoms with Crippen molar-refractivity contribution in [2.45, 2.75) is 39.2 Å². The van der Waals surface area contributed by atoms with Crippen LogP contribution < -0.4 is 5.32 Å². The lowest BCUT2D eigenvalue weighted by Crippen LogP contribution is -2.37. The summed E-state index contributed by atoms with van der Waals surface area (Å²) in [6.45, 7) is 3.71. The van der Waals surface area contributed by atoms with Crippen molar-refractivity contribution in [3.63, 3.8) is 0 Å². The Balaban J connectivity index is 1.68. The van der Waals surface area contributed by atoms with Crippen LogP contribution in [0.4, 0.5) is 0 Å². The van der Waals surface area contributed by atoms with Gasteiger partial charge in [0.15, 0.2) is 5.69 Å². The number of nitrogens with zero attached hydrogens (tertiary/aromatic N) is 2. The topological polar surface area (TPSA) is 78.1 Å². The van der Waals surface area contributed by atoms with E-state index in [1.165, 1.54) is 0 Å². The molecule has 2 amide bonds. The average Bonchev–Trinajstić information content (AvgIpc) is 3.07. The van der Waals surface area contributed by atoms with Crippen LogP contribution in [0.15, 0.2) is 24.3 Å². The number of nitrogens with one attached hydrogen (secondary N) is 2. The zero-order chi connectivity index (χ0) is 18.5. The molecule has 2 aromatic rings. The lowest BCUT2D eigenvalue weighted by molar-refractivity contribution is -0.131. The lowest BCUT2D eigenvalue weighted by Gasteiger charge is -2.27. The Morgan fingerprint density at radius 1 is 1.35 bits per heavy atom. The molecule has 0 atom stereocenters. The number of aromatic nitrogens is 2. The first-order valence-corrected chi connectivity index (χ1v) is 9.33. The average molecular weight is 375 g/mol. The molecule has 0 saturated heterocycles. The monoisotopic (exact) mass is 374 g/mol. The van der Waals surface area contributed by atoms with Crippen molar-refractivity contribution >= 4 is 23.4 Å². The molecule has 2 heterocycles. The molecular formula is C19H23ClN4O2. The van der Waals surface area contributed by atoms with Crippen molar-refractivity contribution in [2.24, 2.45) is 0 Å². The predicted octanol–water partition coefficient (Wildman–Crippen LogP) is 2.72. The van der Waals surface area contributed by atoms with Gasteiger partial charge in [0.05, 0.1) is 6.42 Å². The van der Waals surface area contributed by atoms with Crippen LogP contribution in [0.5, 0.6) is 0 Å². The highest BCUT2D eigenvalue weighted by Gasteiger charge is 2.27. The highest BCUT2D eigenvalue weighted by Crippen LogP contribution is 2.22. The Morgan fingerprint density at radius 3 is 2.92 bits per heavy atom. The van der Waals surface area contributed by atoms with Crippen LogP contribution in [0.3, 0.4) is 0 Å². The van der Waals surface area contributed by atoms with Crippen molar-refractivity contribution in [1.29, 1.82) is 0 Å². The molecule has 138 valence electrons. The molecule has 0 spiro atoms. The highest BCUT2D eigenvalue weighted by molar-refractivity contribution is 6.31. The van der Waals surface area contributed by atoms with Gasteiger partial charge >= 0.3 is 0 Å². The number of H-pyrrole nitrogens is 1. The molecule has 7 heteroatoms. The predicted molar refractivity (Wildman–Crippen MR) is 100 cm³/mol. The summed E-state index contributed by atoms with van der Waals surface area (Å²) in [5.74, 6) is -0.182. The third-order valence-corrected chi connectivity index (χ3v) is 4.99. The fourth-order valence-electron chi connectivity index (χ4n) is 3.07. The van der Waals surface area contributed by atoms with E-state index >= 15 is 0 Å². The number of carbonyl (C=O) groups is 2. The van der Waals surface area contributed by atoms with E-state index in [0.717, 1.165) is 29.7 Å². The van der Waals surface area contributed by atoms with Crippen molar-refractivity contribution in [1.82, 2.24) is 20.4 Å². The van der Waals surface area contributed by atoms with E-state index in [4.69, 9.17) is 11.6 Å². The number of hydrogen-bond donors (Lipinski definition) is 2. The van der Waals surface area contributed by atoms with E-state index in [0.29, 0.717) is 36.8 Å². The molecule has 0 aliphatic carbocycles. The molecule has 0 bridgehead atoms. The van der Waals surface area contributed by atoms with Crippen LogP contribution in [0, 0.1) is 0 Å². The molecule has 0 unspecified atom stereocenters. The molecular weight excluding hydrogens is 352 g/mol. The van der Waals surface area contributed by atoms with Crippen molar-refractivity contribution in [3.8, 4) is 0 Å². The van der Waals surface area contributed by atoms with E-state index in [-0.39, 0.29) is 18.2 Å². The maximum absolute atomic E-state index is 12.7. The first-order chi connectivity index (χ1) is 12.6. The smallest absolute Gasteiger partial charge is 0.272 e. The van der Waals surface area contributed by atoms with Gasteiger partial charge in [-0.15, -0.1) is 0 Å². The molecule has 3 rings (SSSR count). The van der Waals surface area contributed by atoms with Gasteiger partial charge in [-0.1, -0.05) is 43.1 Å². The molecule has 6 nitrogen and oxygen atoms in total. The normalized spacial score (nSPS) is 13.4. The highest BCUT2D eigenvalue weighted by atomic mass is 35.5. The van der Waals surface area contributed by atoms with Gasteiger partial charge in [-0.3, -0.25) is 14.7 Å². The van der Waals surface area contributed by atoms with Gasteiger partial charge in [-0.2, -0.15) is 5.10 Å². The Bertz CT molecular complexity index is 803. The van der Waals surface area contributed by atoms with Gasteiger partial charge in [-0.05, 0) is 18.1 Å². The maximum atomic E-state index is 12.7. The minimum atomic E-state index is -0.184. The summed E-state index contributed by atoms with van der Waals surface area (Å²) in [6.07, 6.45) is 2.87. The van der Waals surface area contributed by atoms with Gasteiger partial charge in [0, 0.05) is 42.3 Å². The second-order valence-corrected chi connectivity index (χ2v) is 6.88. The summed E-state index contributed by atoms with van der Waals surface area (Å²) in [5, 5.41) is 10.6. The van der Waals surface area contributed by atoms with Crippen molar-refractivity contribution in [2.75, 3.05) is 13.1 Å². The van der Waals surface area contributed by atoms with E-state index in [1.54, 1.807) is 11.0 Å². The molecule has 0 radical (unpaired) electrons. The van der Waals surface area contributed by atoms with E-state index in [1.807, 2.05) is 18.2 Å². The zero-order valence-corrected chi connectivity index (χ0v) is 15.6. The summed E-state index contributed by atoms with van der Waals surface area (Å²) in [4.78, 5) is 26.8. The standard InChI is InChI=1S/C19H23ClN4O2/c1-2-3-9-21-19(26)18-14-12-24(10-8-16(14)22-23-18)17(25)11-13-6-4-5-7-15(13)20/h4-7H,2-3,8-12H2,1H3,(H,21,26)(H,22,23). The molecule has 1 aromatic carbocycles. The Hall–Kier alpha value is -2.34. The number of halogens is 1. The molecule has 0 saturated carbocycles. The number of fused-ring (bicyclic) bond motifs is 1. The third-order valence-electron chi connectivity index (χ3n) is 4.62. The fourth-order valence-corrected chi connectivity index (χ4v) is 3.28. The molecule has 0 fully saturated rings. The van der Waals surface area contributed by atoms with Crippen LogP contribution in [-0.2, 0) is 24.2 Å². The number of hydrogen-bond acceptors (Lipinski definition) is 3. The van der Waals surface area contributed by atoms with Crippen LogP contribution in [0.2, 0.25) is 5.02 Å². The van der Waals surface area contributed by atoms with Gasteiger partial charge in [-0.25, -0.2) is 0 Å². The van der Waals surface area contributed by atoms with E-state index in [9.17, 15) is 9.59 Å². The fraction of sp³-hybridized carbons (Fsp3) is 0.421. The molecule has 2 N–H and O–H groups in total. The van der Waals surface area contributed by atoms with E-state index in [2.05, 4.69) is 22.4 Å². The van der Waals surface area contributed by atoms with Crippen molar-refractivity contribution < 1.29 is 9.59 Å². The van der Waals surface area contributed by atoms with Gasteiger partial charge in [0.1, 0.15) is 0 Å². The van der Waals surface area contributed by atoms with Gasteiger partial charge in [0.2, 0.25) is 5.91 Å². The number of carbonyl (C=O) groups excluding carboxylic acids is 2. The zero-order valence-electron chi connectivity index (χ0n) is 14.8. The molecule has 1 aliphatic heterocycles.